The number of benzene rings is 1. The van der Waals surface area contributed by atoms with Crippen LogP contribution in [-0.4, -0.2) is 23.4 Å². The van der Waals surface area contributed by atoms with Crippen LogP contribution in [0.25, 0.3) is 0 Å². The summed E-state index contributed by atoms with van der Waals surface area (Å²) in [7, 11) is 0. The molecule has 0 unspecified atom stereocenters. The number of halogens is 1. The van der Waals surface area contributed by atoms with Crippen molar-refractivity contribution in [3.05, 3.63) is 34.3 Å². The first-order valence-corrected chi connectivity index (χ1v) is 7.95. The average molecular weight is 329 g/mol. The van der Waals surface area contributed by atoms with E-state index in [1.807, 2.05) is 24.3 Å². The van der Waals surface area contributed by atoms with E-state index < -0.39 is 5.41 Å². The lowest BCUT2D eigenvalue weighted by molar-refractivity contribution is 0.107. The fourth-order valence-electron chi connectivity index (χ4n) is 2.41. The minimum atomic E-state index is -0.493. The molecular formula is C16H25BrO2. The summed E-state index contributed by atoms with van der Waals surface area (Å²) >= 11 is 3.41. The van der Waals surface area contributed by atoms with Crippen LogP contribution in [0, 0.1) is 0 Å². The molecule has 2 nitrogen and oxygen atoms in total. The Morgan fingerprint density at radius 3 is 2.05 bits per heavy atom. The summed E-state index contributed by atoms with van der Waals surface area (Å²) in [5.41, 5.74) is 0.531. The van der Waals surface area contributed by atoms with Gasteiger partial charge in [0.15, 0.2) is 0 Å². The molecule has 1 rings (SSSR count). The lowest BCUT2D eigenvalue weighted by Gasteiger charge is -2.30. The van der Waals surface area contributed by atoms with Crippen molar-refractivity contribution in [1.82, 2.24) is 0 Å². The van der Waals surface area contributed by atoms with Crippen molar-refractivity contribution in [3.8, 4) is 0 Å². The highest BCUT2D eigenvalue weighted by atomic mass is 79.9. The van der Waals surface area contributed by atoms with Crippen molar-refractivity contribution in [2.24, 2.45) is 0 Å². The molecule has 0 aliphatic rings. The molecule has 1 aromatic rings. The van der Waals surface area contributed by atoms with Gasteiger partial charge in [0.2, 0.25) is 0 Å². The molecule has 0 aliphatic carbocycles. The summed E-state index contributed by atoms with van der Waals surface area (Å²) in [4.78, 5) is 0. The number of hydrogen-bond acceptors (Lipinski definition) is 2. The van der Waals surface area contributed by atoms with E-state index in [0.29, 0.717) is 0 Å². The Balaban J connectivity index is 2.65. The number of aliphatic hydroxyl groups is 2. The van der Waals surface area contributed by atoms with Crippen LogP contribution in [0.15, 0.2) is 28.7 Å². The van der Waals surface area contributed by atoms with Crippen molar-refractivity contribution in [1.29, 1.82) is 0 Å². The van der Waals surface area contributed by atoms with Gasteiger partial charge in [-0.2, -0.15) is 0 Å². The summed E-state index contributed by atoms with van der Waals surface area (Å²) in [6.45, 7) is 2.20. The Labute approximate surface area is 125 Å². The molecule has 2 N–H and O–H groups in total. The second-order valence-electron chi connectivity index (χ2n) is 5.27. The van der Waals surface area contributed by atoms with Crippen molar-refractivity contribution in [3.63, 3.8) is 0 Å². The molecule has 0 fully saturated rings. The maximum absolute atomic E-state index is 9.73. The van der Waals surface area contributed by atoms with Crippen LogP contribution in [0.5, 0.6) is 0 Å². The Hall–Kier alpha value is -0.380. The minimum absolute atomic E-state index is 0.00108. The fraction of sp³-hybridized carbons (Fsp3) is 0.625. The van der Waals surface area contributed by atoms with E-state index in [2.05, 4.69) is 22.9 Å². The maximum Gasteiger partial charge on any atom is 0.0550 e. The molecule has 3 heteroatoms. The molecular weight excluding hydrogens is 304 g/mol. The summed E-state index contributed by atoms with van der Waals surface area (Å²) in [5.74, 6) is 0. The molecule has 0 bridgehead atoms. The predicted octanol–water partition coefficient (Wildman–Crippen LogP) is 4.03. The number of hydrogen-bond donors (Lipinski definition) is 2. The maximum atomic E-state index is 9.73. The molecule has 0 atom stereocenters. The monoisotopic (exact) mass is 328 g/mol. The third-order valence-corrected chi connectivity index (χ3v) is 4.35. The smallest absolute Gasteiger partial charge is 0.0550 e. The summed E-state index contributed by atoms with van der Waals surface area (Å²) in [6, 6.07) is 7.91. The van der Waals surface area contributed by atoms with E-state index in [0.717, 1.165) is 22.9 Å². The minimum Gasteiger partial charge on any atom is -0.395 e. The van der Waals surface area contributed by atoms with Crippen LogP contribution >= 0.6 is 15.9 Å². The number of rotatable bonds is 9. The summed E-state index contributed by atoms with van der Waals surface area (Å²) in [6.07, 6.45) is 6.81. The van der Waals surface area contributed by atoms with Gasteiger partial charge >= 0.3 is 0 Å². The average Bonchev–Trinajstić information content (AvgIpc) is 2.45. The molecule has 0 heterocycles. The molecule has 0 spiro atoms. The van der Waals surface area contributed by atoms with Crippen molar-refractivity contribution in [2.75, 3.05) is 13.2 Å². The highest BCUT2D eigenvalue weighted by Gasteiger charge is 2.30. The van der Waals surface area contributed by atoms with E-state index in [1.54, 1.807) is 0 Å². The fourth-order valence-corrected chi connectivity index (χ4v) is 2.67. The van der Waals surface area contributed by atoms with Gasteiger partial charge in [-0.25, -0.2) is 0 Å². The van der Waals surface area contributed by atoms with Gasteiger partial charge in [-0.15, -0.1) is 0 Å². The van der Waals surface area contributed by atoms with Gasteiger partial charge in [0.1, 0.15) is 0 Å². The zero-order valence-electron chi connectivity index (χ0n) is 11.7. The third kappa shape index (κ3) is 4.90. The largest absolute Gasteiger partial charge is 0.395 e. The first-order chi connectivity index (χ1) is 9.18. The molecule has 0 aromatic heterocycles. The Morgan fingerprint density at radius 1 is 0.947 bits per heavy atom. The Bertz CT molecular complexity index is 344. The van der Waals surface area contributed by atoms with Crippen LogP contribution < -0.4 is 0 Å². The third-order valence-electron chi connectivity index (χ3n) is 3.82. The van der Waals surface area contributed by atoms with Gasteiger partial charge in [-0.3, -0.25) is 0 Å². The van der Waals surface area contributed by atoms with Crippen LogP contribution in [0.4, 0.5) is 0 Å². The van der Waals surface area contributed by atoms with Gasteiger partial charge in [0, 0.05) is 9.89 Å². The molecule has 19 heavy (non-hydrogen) atoms. The molecule has 0 saturated heterocycles. The normalized spacial score (nSPS) is 11.8. The molecule has 0 amide bonds. The molecule has 1 aromatic carbocycles. The SMILES string of the molecule is CCCCCCCC(CO)(CO)c1ccc(Br)cc1. The highest BCUT2D eigenvalue weighted by molar-refractivity contribution is 9.10. The van der Waals surface area contributed by atoms with E-state index in [4.69, 9.17) is 0 Å². The second kappa shape index (κ2) is 8.72. The van der Waals surface area contributed by atoms with Crippen LogP contribution in [0.3, 0.4) is 0 Å². The predicted molar refractivity (Wildman–Crippen MR) is 83.4 cm³/mol. The topological polar surface area (TPSA) is 40.5 Å². The van der Waals surface area contributed by atoms with Gasteiger partial charge < -0.3 is 10.2 Å². The first-order valence-electron chi connectivity index (χ1n) is 7.16. The van der Waals surface area contributed by atoms with Gasteiger partial charge in [-0.1, -0.05) is 67.1 Å². The van der Waals surface area contributed by atoms with Crippen LogP contribution in [0.2, 0.25) is 0 Å². The Morgan fingerprint density at radius 2 is 1.53 bits per heavy atom. The summed E-state index contributed by atoms with van der Waals surface area (Å²) in [5, 5.41) is 19.5. The van der Waals surface area contributed by atoms with E-state index in [-0.39, 0.29) is 13.2 Å². The second-order valence-corrected chi connectivity index (χ2v) is 6.18. The zero-order chi connectivity index (χ0) is 14.1. The van der Waals surface area contributed by atoms with E-state index in [1.165, 1.54) is 25.7 Å². The van der Waals surface area contributed by atoms with Crippen molar-refractivity contribution >= 4 is 15.9 Å². The highest BCUT2D eigenvalue weighted by Crippen LogP contribution is 2.30. The lowest BCUT2D eigenvalue weighted by Crippen LogP contribution is -2.34. The van der Waals surface area contributed by atoms with E-state index >= 15 is 0 Å². The van der Waals surface area contributed by atoms with Crippen molar-refractivity contribution in [2.45, 2.75) is 50.9 Å². The number of aliphatic hydroxyl groups excluding tert-OH is 2. The van der Waals surface area contributed by atoms with Gasteiger partial charge in [0.25, 0.3) is 0 Å². The standard InChI is InChI=1S/C16H25BrO2/c1-2-3-4-5-6-11-16(12-18,13-19)14-7-9-15(17)10-8-14/h7-10,18-19H,2-6,11-13H2,1H3. The molecule has 0 saturated carbocycles. The van der Waals surface area contributed by atoms with Gasteiger partial charge in [-0.05, 0) is 24.1 Å². The van der Waals surface area contributed by atoms with Crippen LogP contribution in [-0.2, 0) is 5.41 Å². The van der Waals surface area contributed by atoms with E-state index in [9.17, 15) is 10.2 Å². The Kier molecular flexibility index (Phi) is 7.66. The first kappa shape index (κ1) is 16.7. The van der Waals surface area contributed by atoms with Crippen LogP contribution in [0.1, 0.15) is 51.0 Å². The summed E-state index contributed by atoms with van der Waals surface area (Å²) < 4.78 is 1.02. The zero-order valence-corrected chi connectivity index (χ0v) is 13.3. The lowest BCUT2D eigenvalue weighted by atomic mass is 9.77. The van der Waals surface area contributed by atoms with Crippen molar-refractivity contribution < 1.29 is 10.2 Å². The number of unbranched alkanes of at least 4 members (excludes halogenated alkanes) is 4. The molecule has 0 radical (unpaired) electrons. The quantitative estimate of drug-likeness (QED) is 0.672. The molecule has 0 aliphatic heterocycles. The molecule has 108 valence electrons. The van der Waals surface area contributed by atoms with Gasteiger partial charge in [0.05, 0.1) is 13.2 Å².